The molecule has 0 aromatic carbocycles. The Kier molecular flexibility index (Phi) is 4.28. The van der Waals surface area contributed by atoms with Gasteiger partial charge in [0.2, 0.25) is 0 Å². The highest BCUT2D eigenvalue weighted by Gasteiger charge is 2.01. The highest BCUT2D eigenvalue weighted by molar-refractivity contribution is 5.12. The van der Waals surface area contributed by atoms with Gasteiger partial charge in [0.25, 0.3) is 0 Å². The molecule has 78 valence electrons. The van der Waals surface area contributed by atoms with Crippen LogP contribution < -0.4 is 10.5 Å². The fraction of sp³-hybridized carbons (Fsp3) is 0.556. The molecule has 3 N–H and O–H groups in total. The third-order valence-electron chi connectivity index (χ3n) is 1.63. The number of aromatic nitrogens is 2. The SMILES string of the molecule is Cc1cc(CN)nc(OCCCO)n1. The molecule has 1 heterocycles. The van der Waals surface area contributed by atoms with Crippen LogP contribution in [-0.2, 0) is 6.54 Å². The molecule has 0 atom stereocenters. The highest BCUT2D eigenvalue weighted by Crippen LogP contribution is 2.06. The number of nitrogens with zero attached hydrogens (tertiary/aromatic N) is 2. The van der Waals surface area contributed by atoms with Crippen molar-refractivity contribution in [3.8, 4) is 6.01 Å². The number of rotatable bonds is 5. The predicted octanol–water partition coefficient (Wildman–Crippen LogP) is 0.00492. The minimum Gasteiger partial charge on any atom is -0.463 e. The summed E-state index contributed by atoms with van der Waals surface area (Å²) in [6, 6.07) is 2.15. The van der Waals surface area contributed by atoms with Crippen LogP contribution in [0.4, 0.5) is 0 Å². The van der Waals surface area contributed by atoms with E-state index in [1.165, 1.54) is 0 Å². The number of nitrogens with two attached hydrogens (primary N) is 1. The molecular formula is C9H15N3O2. The van der Waals surface area contributed by atoms with Gasteiger partial charge in [-0.3, -0.25) is 0 Å². The van der Waals surface area contributed by atoms with Crippen LogP contribution in [0.2, 0.25) is 0 Å². The van der Waals surface area contributed by atoms with E-state index in [0.717, 1.165) is 11.4 Å². The van der Waals surface area contributed by atoms with E-state index in [1.807, 2.05) is 13.0 Å². The van der Waals surface area contributed by atoms with E-state index in [-0.39, 0.29) is 6.61 Å². The lowest BCUT2D eigenvalue weighted by molar-refractivity contribution is 0.223. The van der Waals surface area contributed by atoms with Gasteiger partial charge in [0.1, 0.15) is 0 Å². The molecule has 0 bridgehead atoms. The first-order valence-electron chi connectivity index (χ1n) is 4.54. The van der Waals surface area contributed by atoms with Crippen LogP contribution >= 0.6 is 0 Å². The lowest BCUT2D eigenvalue weighted by Gasteiger charge is -2.05. The topological polar surface area (TPSA) is 81.3 Å². The Morgan fingerprint density at radius 2 is 2.29 bits per heavy atom. The molecule has 5 nitrogen and oxygen atoms in total. The van der Waals surface area contributed by atoms with Crippen molar-refractivity contribution in [1.82, 2.24) is 9.97 Å². The minimum atomic E-state index is 0.107. The minimum absolute atomic E-state index is 0.107. The van der Waals surface area contributed by atoms with Crippen LogP contribution in [0.1, 0.15) is 17.8 Å². The summed E-state index contributed by atoms with van der Waals surface area (Å²) in [5.74, 6) is 0. The van der Waals surface area contributed by atoms with E-state index in [0.29, 0.717) is 25.6 Å². The van der Waals surface area contributed by atoms with Gasteiger partial charge in [0.05, 0.1) is 12.3 Å². The average molecular weight is 197 g/mol. The van der Waals surface area contributed by atoms with Crippen molar-refractivity contribution >= 4 is 0 Å². The van der Waals surface area contributed by atoms with Crippen molar-refractivity contribution in [2.45, 2.75) is 19.9 Å². The number of aliphatic hydroxyl groups excluding tert-OH is 1. The second-order valence-electron chi connectivity index (χ2n) is 2.91. The van der Waals surface area contributed by atoms with Crippen molar-refractivity contribution in [3.05, 3.63) is 17.5 Å². The third kappa shape index (κ3) is 3.27. The largest absolute Gasteiger partial charge is 0.463 e. The number of hydrogen-bond acceptors (Lipinski definition) is 5. The van der Waals surface area contributed by atoms with Gasteiger partial charge in [-0.15, -0.1) is 0 Å². The zero-order chi connectivity index (χ0) is 10.4. The maximum atomic E-state index is 8.56. The Morgan fingerprint density at radius 1 is 1.50 bits per heavy atom. The molecule has 5 heteroatoms. The molecule has 0 spiro atoms. The van der Waals surface area contributed by atoms with Crippen molar-refractivity contribution in [3.63, 3.8) is 0 Å². The second kappa shape index (κ2) is 5.51. The normalized spacial score (nSPS) is 10.2. The summed E-state index contributed by atoms with van der Waals surface area (Å²) in [5, 5.41) is 8.56. The lowest BCUT2D eigenvalue weighted by Crippen LogP contribution is -2.07. The Hall–Kier alpha value is -1.20. The summed E-state index contributed by atoms with van der Waals surface area (Å²) in [6.07, 6.45) is 0.579. The van der Waals surface area contributed by atoms with Crippen LogP contribution in [0, 0.1) is 6.92 Å². The van der Waals surface area contributed by atoms with Crippen LogP contribution in [0.3, 0.4) is 0 Å². The van der Waals surface area contributed by atoms with E-state index >= 15 is 0 Å². The fourth-order valence-corrected chi connectivity index (χ4v) is 1.00. The number of aryl methyl sites for hydroxylation is 1. The first kappa shape index (κ1) is 10.9. The second-order valence-corrected chi connectivity index (χ2v) is 2.91. The van der Waals surface area contributed by atoms with Crippen LogP contribution in [0.15, 0.2) is 6.07 Å². The van der Waals surface area contributed by atoms with E-state index in [9.17, 15) is 0 Å². The standard InChI is InChI=1S/C9H15N3O2/c1-7-5-8(6-10)12-9(11-7)14-4-2-3-13/h5,13H,2-4,6,10H2,1H3. The van der Waals surface area contributed by atoms with Gasteiger partial charge < -0.3 is 15.6 Å². The molecule has 0 saturated carbocycles. The Balaban J connectivity index is 2.62. The molecule has 0 amide bonds. The molecule has 14 heavy (non-hydrogen) atoms. The van der Waals surface area contributed by atoms with Gasteiger partial charge in [-0.05, 0) is 13.0 Å². The van der Waals surface area contributed by atoms with Crippen molar-refractivity contribution in [2.75, 3.05) is 13.2 Å². The van der Waals surface area contributed by atoms with E-state index in [4.69, 9.17) is 15.6 Å². The predicted molar refractivity (Wildman–Crippen MR) is 51.9 cm³/mol. The molecule has 1 aromatic rings. The quantitative estimate of drug-likeness (QED) is 0.649. The smallest absolute Gasteiger partial charge is 0.316 e. The van der Waals surface area contributed by atoms with E-state index < -0.39 is 0 Å². The van der Waals surface area contributed by atoms with E-state index in [2.05, 4.69) is 9.97 Å². The molecule has 1 aromatic heterocycles. The summed E-state index contributed by atoms with van der Waals surface area (Å²) in [7, 11) is 0. The van der Waals surface area contributed by atoms with Gasteiger partial charge >= 0.3 is 6.01 Å². The maximum absolute atomic E-state index is 8.56. The highest BCUT2D eigenvalue weighted by atomic mass is 16.5. The molecule has 1 rings (SSSR count). The molecule has 0 unspecified atom stereocenters. The lowest BCUT2D eigenvalue weighted by atomic mass is 10.3. The third-order valence-corrected chi connectivity index (χ3v) is 1.63. The van der Waals surface area contributed by atoms with Gasteiger partial charge in [-0.2, -0.15) is 4.98 Å². The molecule has 0 aliphatic heterocycles. The summed E-state index contributed by atoms with van der Waals surface area (Å²) >= 11 is 0. The summed E-state index contributed by atoms with van der Waals surface area (Å²) in [4.78, 5) is 8.17. The molecule has 0 aliphatic rings. The van der Waals surface area contributed by atoms with Gasteiger partial charge in [0, 0.05) is 25.3 Å². The number of aliphatic hydroxyl groups is 1. The average Bonchev–Trinajstić information content (AvgIpc) is 2.17. The van der Waals surface area contributed by atoms with Crippen molar-refractivity contribution < 1.29 is 9.84 Å². The summed E-state index contributed by atoms with van der Waals surface area (Å²) in [5.41, 5.74) is 7.05. The van der Waals surface area contributed by atoms with Gasteiger partial charge in [-0.1, -0.05) is 0 Å². The summed E-state index contributed by atoms with van der Waals surface area (Å²) < 4.78 is 5.23. The Bertz CT molecular complexity index is 291. The Morgan fingerprint density at radius 3 is 2.93 bits per heavy atom. The first-order chi connectivity index (χ1) is 6.76. The van der Waals surface area contributed by atoms with Crippen LogP contribution in [-0.4, -0.2) is 28.3 Å². The zero-order valence-corrected chi connectivity index (χ0v) is 8.23. The molecule has 0 saturated heterocycles. The van der Waals surface area contributed by atoms with Crippen molar-refractivity contribution in [1.29, 1.82) is 0 Å². The van der Waals surface area contributed by atoms with Gasteiger partial charge in [-0.25, -0.2) is 4.98 Å². The molecule has 0 aliphatic carbocycles. The number of hydrogen-bond donors (Lipinski definition) is 2. The van der Waals surface area contributed by atoms with Crippen LogP contribution in [0.5, 0.6) is 6.01 Å². The first-order valence-corrected chi connectivity index (χ1v) is 4.54. The maximum Gasteiger partial charge on any atom is 0.316 e. The van der Waals surface area contributed by atoms with Gasteiger partial charge in [0.15, 0.2) is 0 Å². The molecule has 0 radical (unpaired) electrons. The molecule has 0 fully saturated rings. The number of ether oxygens (including phenoxy) is 1. The van der Waals surface area contributed by atoms with Crippen molar-refractivity contribution in [2.24, 2.45) is 5.73 Å². The summed E-state index contributed by atoms with van der Waals surface area (Å²) in [6.45, 7) is 2.76. The van der Waals surface area contributed by atoms with E-state index in [1.54, 1.807) is 0 Å². The fourth-order valence-electron chi connectivity index (χ4n) is 1.00. The molecular weight excluding hydrogens is 182 g/mol. The monoisotopic (exact) mass is 197 g/mol. The Labute approximate surface area is 82.9 Å². The van der Waals surface area contributed by atoms with Crippen LogP contribution in [0.25, 0.3) is 0 Å². The zero-order valence-electron chi connectivity index (χ0n) is 8.23.